The number of nitrogens with zero attached hydrogens (tertiary/aromatic N) is 1. The number of alkyl halides is 1. The van der Waals surface area contributed by atoms with Crippen LogP contribution in [0.3, 0.4) is 0 Å². The summed E-state index contributed by atoms with van der Waals surface area (Å²) in [6, 6.07) is 0. The third-order valence-electron chi connectivity index (χ3n) is 2.43. The van der Waals surface area contributed by atoms with Gasteiger partial charge in [-0.15, -0.1) is 0 Å². The molecule has 0 aromatic heterocycles. The van der Waals surface area contributed by atoms with Crippen molar-refractivity contribution in [1.82, 2.24) is 4.90 Å². The van der Waals surface area contributed by atoms with Crippen molar-refractivity contribution < 1.29 is 26.5 Å². The van der Waals surface area contributed by atoms with E-state index >= 15 is 0 Å². The van der Waals surface area contributed by atoms with Gasteiger partial charge in [-0.05, 0) is 27.2 Å². The first-order valence-corrected chi connectivity index (χ1v) is 7.80. The molecule has 6 nitrogen and oxygen atoms in total. The lowest BCUT2D eigenvalue weighted by atomic mass is 10.1. The summed E-state index contributed by atoms with van der Waals surface area (Å²) < 4.78 is 45.5. The Balaban J connectivity index is 2.56. The van der Waals surface area contributed by atoms with Crippen molar-refractivity contribution in [2.75, 3.05) is 19.3 Å². The zero-order valence-electron chi connectivity index (χ0n) is 11.6. The number of rotatable bonds is 2. The number of hydrogen-bond acceptors (Lipinski definition) is 5. The van der Waals surface area contributed by atoms with E-state index in [1.165, 1.54) is 4.90 Å². The van der Waals surface area contributed by atoms with E-state index < -0.39 is 34.1 Å². The molecule has 0 aliphatic carbocycles. The van der Waals surface area contributed by atoms with Crippen LogP contribution in [0.1, 0.15) is 27.2 Å². The highest BCUT2D eigenvalue weighted by atomic mass is 32.2. The van der Waals surface area contributed by atoms with E-state index in [9.17, 15) is 17.6 Å². The van der Waals surface area contributed by atoms with Gasteiger partial charge >= 0.3 is 6.09 Å². The molecule has 2 unspecified atom stereocenters. The van der Waals surface area contributed by atoms with Crippen molar-refractivity contribution in [3.05, 3.63) is 0 Å². The van der Waals surface area contributed by atoms with Crippen LogP contribution in [0.25, 0.3) is 0 Å². The molecular formula is C11H20FNO5S. The van der Waals surface area contributed by atoms with Crippen LogP contribution in [0.2, 0.25) is 0 Å². The summed E-state index contributed by atoms with van der Waals surface area (Å²) in [6.45, 7) is 5.14. The van der Waals surface area contributed by atoms with E-state index in [2.05, 4.69) is 4.18 Å². The summed E-state index contributed by atoms with van der Waals surface area (Å²) in [5.74, 6) is 0. The summed E-state index contributed by atoms with van der Waals surface area (Å²) >= 11 is 0. The second-order valence-corrected chi connectivity index (χ2v) is 7.17. The van der Waals surface area contributed by atoms with Gasteiger partial charge in [0.25, 0.3) is 10.1 Å². The minimum Gasteiger partial charge on any atom is -0.444 e. The van der Waals surface area contributed by atoms with Crippen LogP contribution in [0.15, 0.2) is 0 Å². The van der Waals surface area contributed by atoms with Crippen LogP contribution in [0.4, 0.5) is 9.18 Å². The van der Waals surface area contributed by atoms with Crippen LogP contribution < -0.4 is 0 Å². The fraction of sp³-hybridized carbons (Fsp3) is 0.909. The monoisotopic (exact) mass is 297 g/mol. The van der Waals surface area contributed by atoms with Gasteiger partial charge in [-0.2, -0.15) is 8.42 Å². The van der Waals surface area contributed by atoms with Gasteiger partial charge in [0.1, 0.15) is 17.9 Å². The maximum atomic E-state index is 13.8. The number of carbonyl (C=O) groups excluding carboxylic acids is 1. The predicted molar refractivity (Wildman–Crippen MR) is 67.0 cm³/mol. The largest absolute Gasteiger partial charge is 0.444 e. The van der Waals surface area contributed by atoms with E-state index in [0.29, 0.717) is 0 Å². The maximum Gasteiger partial charge on any atom is 0.410 e. The summed E-state index contributed by atoms with van der Waals surface area (Å²) in [5.41, 5.74) is -0.650. The van der Waals surface area contributed by atoms with E-state index in [1.807, 2.05) is 0 Å². The number of hydrogen-bond donors (Lipinski definition) is 0. The van der Waals surface area contributed by atoms with Gasteiger partial charge < -0.3 is 9.64 Å². The Labute approximate surface area is 113 Å². The van der Waals surface area contributed by atoms with Crippen LogP contribution in [-0.4, -0.2) is 56.6 Å². The van der Waals surface area contributed by atoms with Gasteiger partial charge in [-0.3, -0.25) is 4.18 Å². The molecule has 0 bridgehead atoms. The van der Waals surface area contributed by atoms with E-state index in [-0.39, 0.29) is 19.5 Å². The summed E-state index contributed by atoms with van der Waals surface area (Å²) in [4.78, 5) is 12.9. The van der Waals surface area contributed by atoms with Gasteiger partial charge in [-0.1, -0.05) is 0 Å². The van der Waals surface area contributed by atoms with Crippen LogP contribution in [0.5, 0.6) is 0 Å². The number of ether oxygens (including phenoxy) is 1. The molecule has 0 spiro atoms. The summed E-state index contributed by atoms with van der Waals surface area (Å²) in [5, 5.41) is 0. The molecular weight excluding hydrogens is 277 g/mol. The zero-order chi connectivity index (χ0) is 14.8. The standard InChI is InChI=1S/C11H20FNO5S/c1-11(2,3)17-10(14)13-6-5-9(8(12)7-13)18-19(4,15)16/h8-9H,5-7H2,1-4H3. The molecule has 1 amide bonds. The molecule has 112 valence electrons. The lowest BCUT2D eigenvalue weighted by molar-refractivity contribution is -0.00872. The minimum absolute atomic E-state index is 0.119. The highest BCUT2D eigenvalue weighted by Gasteiger charge is 2.35. The van der Waals surface area contributed by atoms with E-state index in [1.54, 1.807) is 20.8 Å². The van der Waals surface area contributed by atoms with Crippen molar-refractivity contribution in [2.45, 2.75) is 45.1 Å². The molecule has 0 N–H and O–H groups in total. The molecule has 1 saturated heterocycles. The van der Waals surface area contributed by atoms with Crippen molar-refractivity contribution in [1.29, 1.82) is 0 Å². The third-order valence-corrected chi connectivity index (χ3v) is 3.03. The predicted octanol–water partition coefficient (Wildman–Crippen LogP) is 1.31. The van der Waals surface area contributed by atoms with Gasteiger partial charge in [0.15, 0.2) is 0 Å². The minimum atomic E-state index is -3.70. The maximum absolute atomic E-state index is 13.8. The zero-order valence-corrected chi connectivity index (χ0v) is 12.4. The molecule has 19 heavy (non-hydrogen) atoms. The average Bonchev–Trinajstić information content (AvgIpc) is 2.16. The molecule has 0 radical (unpaired) electrons. The highest BCUT2D eigenvalue weighted by Crippen LogP contribution is 2.21. The van der Waals surface area contributed by atoms with Crippen molar-refractivity contribution in [3.8, 4) is 0 Å². The van der Waals surface area contributed by atoms with Crippen molar-refractivity contribution in [3.63, 3.8) is 0 Å². The molecule has 0 aromatic carbocycles. The van der Waals surface area contributed by atoms with Crippen LogP contribution in [0, 0.1) is 0 Å². The quantitative estimate of drug-likeness (QED) is 0.719. The van der Waals surface area contributed by atoms with Gasteiger partial charge in [0.05, 0.1) is 12.8 Å². The number of carbonyl (C=O) groups is 1. The molecule has 1 aliphatic heterocycles. The smallest absolute Gasteiger partial charge is 0.410 e. The number of amides is 1. The Morgan fingerprint density at radius 1 is 1.37 bits per heavy atom. The second kappa shape index (κ2) is 5.62. The topological polar surface area (TPSA) is 72.9 Å². The number of halogens is 1. The first-order valence-electron chi connectivity index (χ1n) is 5.98. The normalized spacial score (nSPS) is 25.2. The fourth-order valence-corrected chi connectivity index (χ4v) is 2.37. The Morgan fingerprint density at radius 3 is 2.37 bits per heavy atom. The fourth-order valence-electron chi connectivity index (χ4n) is 1.71. The highest BCUT2D eigenvalue weighted by molar-refractivity contribution is 7.86. The second-order valence-electron chi connectivity index (χ2n) is 5.57. The van der Waals surface area contributed by atoms with E-state index in [0.717, 1.165) is 6.26 Å². The summed E-state index contributed by atoms with van der Waals surface area (Å²) in [6.07, 6.45) is -2.19. The Kier molecular flexibility index (Phi) is 4.78. The van der Waals surface area contributed by atoms with Gasteiger partial charge in [0.2, 0.25) is 0 Å². The molecule has 1 fully saturated rings. The Bertz CT molecular complexity index is 431. The SMILES string of the molecule is CC(C)(C)OC(=O)N1CCC(OS(C)(=O)=O)C(F)C1. The van der Waals surface area contributed by atoms with Crippen LogP contribution in [-0.2, 0) is 19.0 Å². The third kappa shape index (κ3) is 5.73. The first-order chi connectivity index (χ1) is 8.48. The molecule has 2 atom stereocenters. The Hall–Kier alpha value is -0.890. The molecule has 1 heterocycles. The van der Waals surface area contributed by atoms with Crippen LogP contribution >= 0.6 is 0 Å². The first kappa shape index (κ1) is 16.2. The molecule has 0 aromatic rings. The molecule has 8 heteroatoms. The van der Waals surface area contributed by atoms with Gasteiger partial charge in [-0.25, -0.2) is 9.18 Å². The lowest BCUT2D eigenvalue weighted by Crippen LogP contribution is -2.49. The lowest BCUT2D eigenvalue weighted by Gasteiger charge is -2.34. The number of piperidine rings is 1. The average molecular weight is 297 g/mol. The Morgan fingerprint density at radius 2 is 1.95 bits per heavy atom. The molecule has 1 rings (SSSR count). The number of likely N-dealkylation sites (tertiary alicyclic amines) is 1. The van der Waals surface area contributed by atoms with E-state index in [4.69, 9.17) is 4.74 Å². The molecule has 1 aliphatic rings. The van der Waals surface area contributed by atoms with Crippen molar-refractivity contribution in [2.24, 2.45) is 0 Å². The van der Waals surface area contributed by atoms with Crippen molar-refractivity contribution >= 4 is 16.2 Å². The summed E-state index contributed by atoms with van der Waals surface area (Å²) in [7, 11) is -3.70. The molecule has 0 saturated carbocycles. The van der Waals surface area contributed by atoms with Gasteiger partial charge in [0, 0.05) is 6.54 Å².